The summed E-state index contributed by atoms with van der Waals surface area (Å²) in [5.41, 5.74) is 0.504. The monoisotopic (exact) mass is 265 g/mol. The molecule has 0 amide bonds. The quantitative estimate of drug-likeness (QED) is 0.719. The highest BCUT2D eigenvalue weighted by molar-refractivity contribution is 5.76. The van der Waals surface area contributed by atoms with Crippen LogP contribution >= 0.6 is 0 Å². The summed E-state index contributed by atoms with van der Waals surface area (Å²) >= 11 is 0. The summed E-state index contributed by atoms with van der Waals surface area (Å²) in [5.74, 6) is 0.756. The van der Waals surface area contributed by atoms with Crippen molar-refractivity contribution in [3.05, 3.63) is 0 Å². The molecule has 4 atom stereocenters. The molecule has 3 fully saturated rings. The standard InChI is InChI=1S/C16H27NO2/c1-15(2)11-7-8-16(15,3)13(10-11)19-14(18)12-6-5-9-17(12)4/h11-13H,5-10H2,1-4H3. The smallest absolute Gasteiger partial charge is 0.323 e. The molecule has 0 aromatic rings. The van der Waals surface area contributed by atoms with Crippen LogP contribution in [0.1, 0.15) is 52.9 Å². The predicted molar refractivity (Wildman–Crippen MR) is 74.8 cm³/mol. The molecule has 3 aliphatic rings. The summed E-state index contributed by atoms with van der Waals surface area (Å²) in [5, 5.41) is 0. The van der Waals surface area contributed by atoms with Gasteiger partial charge in [0.25, 0.3) is 0 Å². The maximum absolute atomic E-state index is 12.4. The number of likely N-dealkylation sites (tertiary alicyclic amines) is 1. The molecule has 3 rings (SSSR count). The van der Waals surface area contributed by atoms with Crippen LogP contribution in [0.2, 0.25) is 0 Å². The maximum atomic E-state index is 12.4. The van der Waals surface area contributed by atoms with Crippen LogP contribution in [0.3, 0.4) is 0 Å². The summed E-state index contributed by atoms with van der Waals surface area (Å²) in [6, 6.07) is 0.00541. The molecule has 2 saturated carbocycles. The van der Waals surface area contributed by atoms with E-state index in [1.54, 1.807) is 0 Å². The molecular formula is C16H27NO2. The summed E-state index contributed by atoms with van der Waals surface area (Å²) < 4.78 is 5.96. The van der Waals surface area contributed by atoms with Crippen LogP contribution < -0.4 is 0 Å². The molecule has 19 heavy (non-hydrogen) atoms. The van der Waals surface area contributed by atoms with E-state index in [0.29, 0.717) is 5.41 Å². The minimum atomic E-state index is 0.00541. The van der Waals surface area contributed by atoms with E-state index in [9.17, 15) is 4.79 Å². The summed E-state index contributed by atoms with van der Waals surface area (Å²) in [6.07, 6.45) is 5.82. The fourth-order valence-corrected chi connectivity index (χ4v) is 4.74. The fraction of sp³-hybridized carbons (Fsp3) is 0.938. The van der Waals surface area contributed by atoms with Gasteiger partial charge in [0.2, 0.25) is 0 Å². The number of hydrogen-bond donors (Lipinski definition) is 0. The normalized spacial score (nSPS) is 44.7. The Bertz CT molecular complexity index is 392. The molecule has 0 radical (unpaired) electrons. The van der Waals surface area contributed by atoms with Gasteiger partial charge in [-0.3, -0.25) is 9.69 Å². The van der Waals surface area contributed by atoms with Gasteiger partial charge < -0.3 is 4.74 Å². The first-order valence-electron chi connectivity index (χ1n) is 7.77. The van der Waals surface area contributed by atoms with Gasteiger partial charge in [0.1, 0.15) is 12.1 Å². The van der Waals surface area contributed by atoms with Crippen molar-refractivity contribution in [3.63, 3.8) is 0 Å². The van der Waals surface area contributed by atoms with Crippen molar-refractivity contribution in [3.8, 4) is 0 Å². The van der Waals surface area contributed by atoms with Crippen molar-refractivity contribution in [2.24, 2.45) is 16.7 Å². The van der Waals surface area contributed by atoms with Gasteiger partial charge in [-0.1, -0.05) is 20.8 Å². The molecule has 1 aliphatic heterocycles. The zero-order valence-corrected chi connectivity index (χ0v) is 12.7. The zero-order chi connectivity index (χ0) is 13.8. The molecule has 2 aliphatic carbocycles. The third-order valence-corrected chi connectivity index (χ3v) is 6.76. The summed E-state index contributed by atoms with van der Waals surface area (Å²) in [6.45, 7) is 8.08. The van der Waals surface area contributed by atoms with E-state index in [1.165, 1.54) is 12.8 Å². The Labute approximate surface area is 116 Å². The highest BCUT2D eigenvalue weighted by Crippen LogP contribution is 2.66. The van der Waals surface area contributed by atoms with Crippen LogP contribution in [0.5, 0.6) is 0 Å². The van der Waals surface area contributed by atoms with E-state index in [4.69, 9.17) is 4.74 Å². The second-order valence-corrected chi connectivity index (χ2v) is 7.67. The first kappa shape index (κ1) is 13.4. The number of fused-ring (bicyclic) bond motifs is 2. The average Bonchev–Trinajstić information content (AvgIpc) is 2.90. The zero-order valence-electron chi connectivity index (χ0n) is 12.7. The van der Waals surface area contributed by atoms with Crippen molar-refractivity contribution in [1.82, 2.24) is 4.90 Å². The SMILES string of the molecule is CN1CCCC1C(=O)OC1CC2CCC1(C)C2(C)C. The lowest BCUT2D eigenvalue weighted by atomic mass is 9.70. The molecule has 2 bridgehead atoms. The first-order chi connectivity index (χ1) is 8.86. The molecule has 0 N–H and O–H groups in total. The highest BCUT2D eigenvalue weighted by Gasteiger charge is 2.63. The molecular weight excluding hydrogens is 238 g/mol. The van der Waals surface area contributed by atoms with E-state index >= 15 is 0 Å². The van der Waals surface area contributed by atoms with E-state index in [2.05, 4.69) is 25.7 Å². The van der Waals surface area contributed by atoms with Crippen LogP contribution in [0.25, 0.3) is 0 Å². The Hall–Kier alpha value is -0.570. The third kappa shape index (κ3) is 1.77. The first-order valence-corrected chi connectivity index (χ1v) is 7.77. The number of likely N-dealkylation sites (N-methyl/N-ethyl adjacent to an activating group) is 1. The summed E-state index contributed by atoms with van der Waals surface area (Å²) in [7, 11) is 2.03. The van der Waals surface area contributed by atoms with Crippen LogP contribution in [0.15, 0.2) is 0 Å². The molecule has 108 valence electrons. The molecule has 1 saturated heterocycles. The van der Waals surface area contributed by atoms with Crippen molar-refractivity contribution < 1.29 is 9.53 Å². The average molecular weight is 265 g/mol. The minimum Gasteiger partial charge on any atom is -0.461 e. The van der Waals surface area contributed by atoms with Gasteiger partial charge in [0, 0.05) is 5.41 Å². The number of hydrogen-bond acceptors (Lipinski definition) is 3. The van der Waals surface area contributed by atoms with Crippen LogP contribution in [-0.2, 0) is 9.53 Å². The molecule has 0 aromatic carbocycles. The molecule has 4 unspecified atom stereocenters. The Kier molecular flexibility index (Phi) is 2.97. The Morgan fingerprint density at radius 2 is 2.00 bits per heavy atom. The van der Waals surface area contributed by atoms with Gasteiger partial charge in [0.05, 0.1) is 0 Å². The van der Waals surface area contributed by atoms with Crippen LogP contribution in [-0.4, -0.2) is 36.6 Å². The lowest BCUT2D eigenvalue weighted by Crippen LogP contribution is -2.42. The lowest BCUT2D eigenvalue weighted by molar-refractivity contribution is -0.161. The fourth-order valence-electron chi connectivity index (χ4n) is 4.74. The number of nitrogens with zero attached hydrogens (tertiary/aromatic N) is 1. The van der Waals surface area contributed by atoms with Crippen molar-refractivity contribution in [1.29, 1.82) is 0 Å². The van der Waals surface area contributed by atoms with E-state index < -0.39 is 0 Å². The highest BCUT2D eigenvalue weighted by atomic mass is 16.5. The third-order valence-electron chi connectivity index (χ3n) is 6.76. The van der Waals surface area contributed by atoms with Gasteiger partial charge in [-0.2, -0.15) is 0 Å². The molecule has 0 spiro atoms. The Balaban J connectivity index is 1.70. The molecule has 3 heteroatoms. The second-order valence-electron chi connectivity index (χ2n) is 7.67. The van der Waals surface area contributed by atoms with E-state index in [1.807, 2.05) is 7.05 Å². The predicted octanol–water partition coefficient (Wildman–Crippen LogP) is 2.84. The minimum absolute atomic E-state index is 0.00541. The van der Waals surface area contributed by atoms with Crippen molar-refractivity contribution >= 4 is 5.97 Å². The second kappa shape index (κ2) is 4.21. The van der Waals surface area contributed by atoms with Gasteiger partial charge in [-0.05, 0) is 57.0 Å². The molecule has 1 heterocycles. The number of esters is 1. The number of carbonyl (C=O) groups is 1. The van der Waals surface area contributed by atoms with E-state index in [0.717, 1.165) is 31.7 Å². The van der Waals surface area contributed by atoms with Crippen LogP contribution in [0, 0.1) is 16.7 Å². The maximum Gasteiger partial charge on any atom is 0.323 e. The molecule has 3 nitrogen and oxygen atoms in total. The summed E-state index contributed by atoms with van der Waals surface area (Å²) in [4.78, 5) is 14.5. The number of ether oxygens (including phenoxy) is 1. The van der Waals surface area contributed by atoms with Gasteiger partial charge in [-0.15, -0.1) is 0 Å². The Morgan fingerprint density at radius 1 is 1.26 bits per heavy atom. The van der Waals surface area contributed by atoms with E-state index in [-0.39, 0.29) is 23.5 Å². The lowest BCUT2D eigenvalue weighted by Gasteiger charge is -2.39. The largest absolute Gasteiger partial charge is 0.461 e. The number of rotatable bonds is 2. The molecule has 0 aromatic heterocycles. The van der Waals surface area contributed by atoms with Crippen molar-refractivity contribution in [2.75, 3.05) is 13.6 Å². The number of carbonyl (C=O) groups excluding carboxylic acids is 1. The van der Waals surface area contributed by atoms with Gasteiger partial charge in [-0.25, -0.2) is 0 Å². The van der Waals surface area contributed by atoms with Crippen LogP contribution in [0.4, 0.5) is 0 Å². The van der Waals surface area contributed by atoms with Gasteiger partial charge >= 0.3 is 5.97 Å². The van der Waals surface area contributed by atoms with Crippen molar-refractivity contribution in [2.45, 2.75) is 65.0 Å². The Morgan fingerprint density at radius 3 is 2.47 bits per heavy atom. The topological polar surface area (TPSA) is 29.5 Å². The van der Waals surface area contributed by atoms with Gasteiger partial charge in [0.15, 0.2) is 0 Å².